The molecule has 0 radical (unpaired) electrons. The van der Waals surface area contributed by atoms with E-state index in [-0.39, 0.29) is 29.7 Å². The zero-order valence-electron chi connectivity index (χ0n) is 16.9. The molecule has 2 aromatic rings. The third-order valence-electron chi connectivity index (χ3n) is 5.94. The summed E-state index contributed by atoms with van der Waals surface area (Å²) in [5, 5.41) is 3.22. The molecule has 0 heterocycles. The third-order valence-corrected chi connectivity index (χ3v) is 5.94. The molecule has 4 nitrogen and oxygen atoms in total. The number of carbonyl (C=O) groups excluding carboxylic acids is 2. The van der Waals surface area contributed by atoms with Crippen molar-refractivity contribution in [1.29, 1.82) is 0 Å². The SMILES string of the molecule is Cc1ccccc1C(NC(=O)C1CCCC1C(N)=O)c1ccc(C(C)C)cc1. The first-order valence-electron chi connectivity index (χ1n) is 10.1. The van der Waals surface area contributed by atoms with Crippen molar-refractivity contribution in [3.63, 3.8) is 0 Å². The smallest absolute Gasteiger partial charge is 0.224 e. The van der Waals surface area contributed by atoms with Crippen molar-refractivity contribution in [1.82, 2.24) is 5.32 Å². The van der Waals surface area contributed by atoms with Gasteiger partial charge < -0.3 is 11.1 Å². The van der Waals surface area contributed by atoms with Gasteiger partial charge in [0.15, 0.2) is 0 Å². The molecule has 1 aliphatic rings. The van der Waals surface area contributed by atoms with Crippen molar-refractivity contribution in [3.8, 4) is 0 Å². The summed E-state index contributed by atoms with van der Waals surface area (Å²) in [5.74, 6) is -0.691. The molecular formula is C24H30N2O2. The number of nitrogens with two attached hydrogens (primary N) is 1. The Bertz CT molecular complexity index is 842. The summed E-state index contributed by atoms with van der Waals surface area (Å²) in [4.78, 5) is 24.8. The van der Waals surface area contributed by atoms with Gasteiger partial charge in [-0.25, -0.2) is 0 Å². The van der Waals surface area contributed by atoms with E-state index >= 15 is 0 Å². The van der Waals surface area contributed by atoms with Crippen molar-refractivity contribution in [2.75, 3.05) is 0 Å². The first kappa shape index (κ1) is 20.1. The number of benzene rings is 2. The minimum absolute atomic E-state index is 0.0810. The lowest BCUT2D eigenvalue weighted by atomic mass is 9.90. The molecule has 0 spiro atoms. The molecule has 0 saturated heterocycles. The molecule has 3 atom stereocenters. The zero-order chi connectivity index (χ0) is 20.3. The van der Waals surface area contributed by atoms with Crippen LogP contribution in [0.15, 0.2) is 48.5 Å². The highest BCUT2D eigenvalue weighted by Crippen LogP contribution is 2.33. The van der Waals surface area contributed by atoms with Gasteiger partial charge in [-0.1, -0.05) is 68.8 Å². The van der Waals surface area contributed by atoms with E-state index in [0.29, 0.717) is 18.8 Å². The Morgan fingerprint density at radius 1 is 0.964 bits per heavy atom. The maximum absolute atomic E-state index is 13.1. The summed E-state index contributed by atoms with van der Waals surface area (Å²) in [5.41, 5.74) is 10.0. The number of primary amides is 1. The van der Waals surface area contributed by atoms with Crippen molar-refractivity contribution in [2.45, 2.75) is 52.0 Å². The van der Waals surface area contributed by atoms with Gasteiger partial charge in [-0.05, 0) is 47.9 Å². The number of carbonyl (C=O) groups is 2. The van der Waals surface area contributed by atoms with E-state index in [1.165, 1.54) is 5.56 Å². The van der Waals surface area contributed by atoms with E-state index in [2.05, 4.69) is 62.5 Å². The second-order valence-electron chi connectivity index (χ2n) is 8.17. The minimum atomic E-state index is -0.369. The lowest BCUT2D eigenvalue weighted by molar-refractivity contribution is -0.132. The molecule has 0 aliphatic heterocycles. The van der Waals surface area contributed by atoms with Crippen LogP contribution in [0.25, 0.3) is 0 Å². The Kier molecular flexibility index (Phi) is 6.18. The molecule has 3 rings (SSSR count). The number of hydrogen-bond donors (Lipinski definition) is 2. The van der Waals surface area contributed by atoms with Gasteiger partial charge in [-0.3, -0.25) is 9.59 Å². The van der Waals surface area contributed by atoms with Crippen LogP contribution in [0, 0.1) is 18.8 Å². The van der Waals surface area contributed by atoms with Gasteiger partial charge in [-0.2, -0.15) is 0 Å². The molecule has 28 heavy (non-hydrogen) atoms. The van der Waals surface area contributed by atoms with Gasteiger partial charge in [0, 0.05) is 11.8 Å². The summed E-state index contributed by atoms with van der Waals surface area (Å²) in [6.45, 7) is 6.39. The number of hydrogen-bond acceptors (Lipinski definition) is 2. The van der Waals surface area contributed by atoms with E-state index in [4.69, 9.17) is 5.73 Å². The van der Waals surface area contributed by atoms with Crippen LogP contribution < -0.4 is 11.1 Å². The fraction of sp³-hybridized carbons (Fsp3) is 0.417. The molecule has 0 aromatic heterocycles. The van der Waals surface area contributed by atoms with Crippen molar-refractivity contribution < 1.29 is 9.59 Å². The summed E-state index contributed by atoms with van der Waals surface area (Å²) in [7, 11) is 0. The summed E-state index contributed by atoms with van der Waals surface area (Å²) < 4.78 is 0. The third kappa shape index (κ3) is 4.27. The molecule has 2 amide bonds. The second-order valence-corrected chi connectivity index (χ2v) is 8.17. The number of rotatable bonds is 6. The average molecular weight is 379 g/mol. The van der Waals surface area contributed by atoms with E-state index in [9.17, 15) is 9.59 Å². The van der Waals surface area contributed by atoms with Crippen molar-refractivity contribution >= 4 is 11.8 Å². The predicted octanol–water partition coefficient (Wildman–Crippen LogP) is 4.23. The van der Waals surface area contributed by atoms with Crippen molar-refractivity contribution in [2.24, 2.45) is 17.6 Å². The molecule has 2 aromatic carbocycles. The second kappa shape index (κ2) is 8.59. The minimum Gasteiger partial charge on any atom is -0.369 e. The Hall–Kier alpha value is -2.62. The zero-order valence-corrected chi connectivity index (χ0v) is 16.9. The quantitative estimate of drug-likeness (QED) is 0.790. The standard InChI is InChI=1S/C24H30N2O2/c1-15(2)17-11-13-18(14-12-17)22(19-8-5-4-7-16(19)3)26-24(28)21-10-6-9-20(21)23(25)27/h4-5,7-8,11-15,20-22H,6,9-10H2,1-3H3,(H2,25,27)(H,26,28). The molecule has 148 valence electrons. The van der Waals surface area contributed by atoms with E-state index < -0.39 is 0 Å². The van der Waals surface area contributed by atoms with Crippen LogP contribution in [0.2, 0.25) is 0 Å². The molecule has 3 N–H and O–H groups in total. The molecule has 1 saturated carbocycles. The van der Waals surface area contributed by atoms with Crippen LogP contribution in [0.5, 0.6) is 0 Å². The molecule has 3 unspecified atom stereocenters. The monoisotopic (exact) mass is 378 g/mol. The highest BCUT2D eigenvalue weighted by molar-refractivity contribution is 5.87. The van der Waals surface area contributed by atoms with Gasteiger partial charge >= 0.3 is 0 Å². The predicted molar refractivity (Wildman–Crippen MR) is 112 cm³/mol. The maximum Gasteiger partial charge on any atom is 0.224 e. The van der Waals surface area contributed by atoms with Crippen LogP contribution in [0.4, 0.5) is 0 Å². The summed E-state index contributed by atoms with van der Waals surface area (Å²) >= 11 is 0. The maximum atomic E-state index is 13.1. The van der Waals surface area contributed by atoms with Gasteiger partial charge in [-0.15, -0.1) is 0 Å². The average Bonchev–Trinajstić information content (AvgIpc) is 3.17. The summed E-state index contributed by atoms with van der Waals surface area (Å²) in [6.07, 6.45) is 2.28. The summed E-state index contributed by atoms with van der Waals surface area (Å²) in [6, 6.07) is 16.3. The Labute approximate surface area is 167 Å². The highest BCUT2D eigenvalue weighted by atomic mass is 16.2. The van der Waals surface area contributed by atoms with Crippen LogP contribution in [0.3, 0.4) is 0 Å². The fourth-order valence-electron chi connectivity index (χ4n) is 4.19. The normalized spacial score (nSPS) is 20.1. The Balaban J connectivity index is 1.92. The first-order valence-corrected chi connectivity index (χ1v) is 10.1. The Morgan fingerprint density at radius 3 is 2.18 bits per heavy atom. The van der Waals surface area contributed by atoms with Gasteiger partial charge in [0.2, 0.25) is 11.8 Å². The number of amides is 2. The van der Waals surface area contributed by atoms with Gasteiger partial charge in [0.05, 0.1) is 6.04 Å². The largest absolute Gasteiger partial charge is 0.369 e. The first-order chi connectivity index (χ1) is 13.4. The number of nitrogens with one attached hydrogen (secondary N) is 1. The molecule has 4 heteroatoms. The van der Waals surface area contributed by atoms with Crippen molar-refractivity contribution in [3.05, 3.63) is 70.8 Å². The van der Waals surface area contributed by atoms with Crippen LogP contribution >= 0.6 is 0 Å². The molecule has 1 fully saturated rings. The van der Waals surface area contributed by atoms with E-state index in [0.717, 1.165) is 23.1 Å². The molecule has 1 aliphatic carbocycles. The number of aryl methyl sites for hydroxylation is 1. The highest BCUT2D eigenvalue weighted by Gasteiger charge is 2.37. The Morgan fingerprint density at radius 2 is 1.57 bits per heavy atom. The van der Waals surface area contributed by atoms with Crippen LogP contribution in [-0.2, 0) is 9.59 Å². The van der Waals surface area contributed by atoms with Crippen LogP contribution in [-0.4, -0.2) is 11.8 Å². The van der Waals surface area contributed by atoms with Gasteiger partial charge in [0.1, 0.15) is 0 Å². The fourth-order valence-corrected chi connectivity index (χ4v) is 4.19. The van der Waals surface area contributed by atoms with E-state index in [1.807, 2.05) is 12.1 Å². The van der Waals surface area contributed by atoms with Crippen LogP contribution in [0.1, 0.15) is 67.3 Å². The van der Waals surface area contributed by atoms with Gasteiger partial charge in [0.25, 0.3) is 0 Å². The molecule has 0 bridgehead atoms. The lowest BCUT2D eigenvalue weighted by Gasteiger charge is -2.25. The topological polar surface area (TPSA) is 72.2 Å². The van der Waals surface area contributed by atoms with E-state index in [1.54, 1.807) is 0 Å². The lowest BCUT2D eigenvalue weighted by Crippen LogP contribution is -2.39. The molecular weight excluding hydrogens is 348 g/mol.